The molecule has 1 rings (SSSR count). The van der Waals surface area contributed by atoms with Crippen LogP contribution in [0.2, 0.25) is 0 Å². The molecule has 114 valence electrons. The minimum atomic E-state index is -1.76. The molecule has 0 aliphatic carbocycles. The van der Waals surface area contributed by atoms with Crippen molar-refractivity contribution >= 4 is 23.9 Å². The second-order valence-corrected chi connectivity index (χ2v) is 3.56. The van der Waals surface area contributed by atoms with Crippen molar-refractivity contribution in [1.82, 2.24) is 0 Å². The van der Waals surface area contributed by atoms with Crippen LogP contribution in [0.1, 0.15) is 13.8 Å². The summed E-state index contributed by atoms with van der Waals surface area (Å²) in [7, 11) is 0. The standard InChI is InChI=1S/C12H12O9/c1-3-19-10(16)6(11(17)20-4-2)8-7(13)5(9(14)15)12(18)21-8/h13H,3-4H2,1-2H3,(H,14,15). The molecule has 1 aliphatic rings. The van der Waals surface area contributed by atoms with Crippen LogP contribution >= 0.6 is 0 Å². The number of aliphatic carboxylic acids is 1. The van der Waals surface area contributed by atoms with Crippen molar-refractivity contribution in [3.63, 3.8) is 0 Å². The predicted octanol–water partition coefficient (Wildman–Crippen LogP) is -0.180. The number of hydrogen-bond donors (Lipinski definition) is 2. The number of aliphatic hydroxyl groups is 1. The van der Waals surface area contributed by atoms with Crippen LogP contribution in [0.3, 0.4) is 0 Å². The van der Waals surface area contributed by atoms with Gasteiger partial charge in [-0.3, -0.25) is 0 Å². The number of rotatable bonds is 5. The van der Waals surface area contributed by atoms with Gasteiger partial charge in [0.05, 0.1) is 13.2 Å². The molecular weight excluding hydrogens is 288 g/mol. The molecule has 1 aliphatic heterocycles. The number of carboxylic acids is 1. The Balaban J connectivity index is 3.43. The SMILES string of the molecule is CCOC(=O)C(C(=O)OCC)=C1OC(=O)C(C(=O)O)=C1O. The molecule has 0 amide bonds. The smallest absolute Gasteiger partial charge is 0.355 e. The van der Waals surface area contributed by atoms with Crippen molar-refractivity contribution in [2.45, 2.75) is 13.8 Å². The van der Waals surface area contributed by atoms with Gasteiger partial charge in [-0.25, -0.2) is 19.2 Å². The normalized spacial score (nSPS) is 13.8. The highest BCUT2D eigenvalue weighted by Gasteiger charge is 2.41. The van der Waals surface area contributed by atoms with Gasteiger partial charge < -0.3 is 24.4 Å². The van der Waals surface area contributed by atoms with E-state index in [1.165, 1.54) is 13.8 Å². The largest absolute Gasteiger partial charge is 0.503 e. The highest BCUT2D eigenvalue weighted by atomic mass is 16.6. The molecule has 0 atom stereocenters. The maximum Gasteiger partial charge on any atom is 0.355 e. The first kappa shape index (κ1) is 16.2. The number of hydrogen-bond acceptors (Lipinski definition) is 8. The van der Waals surface area contributed by atoms with Gasteiger partial charge in [0.25, 0.3) is 0 Å². The maximum atomic E-state index is 11.7. The zero-order valence-corrected chi connectivity index (χ0v) is 11.2. The Labute approximate surface area is 118 Å². The molecule has 0 aromatic rings. The average molecular weight is 300 g/mol. The van der Waals surface area contributed by atoms with Crippen LogP contribution in [0.15, 0.2) is 22.7 Å². The molecule has 9 heteroatoms. The lowest BCUT2D eigenvalue weighted by molar-refractivity contribution is -0.147. The minimum absolute atomic E-state index is 0.0980. The third-order valence-corrected chi connectivity index (χ3v) is 2.25. The van der Waals surface area contributed by atoms with Gasteiger partial charge in [-0.05, 0) is 13.8 Å². The summed E-state index contributed by atoms with van der Waals surface area (Å²) in [4.78, 5) is 45.6. The first-order valence-corrected chi connectivity index (χ1v) is 5.82. The van der Waals surface area contributed by atoms with Crippen LogP contribution in [-0.4, -0.2) is 47.3 Å². The number of cyclic esters (lactones) is 1. The van der Waals surface area contributed by atoms with Gasteiger partial charge in [-0.1, -0.05) is 0 Å². The lowest BCUT2D eigenvalue weighted by Crippen LogP contribution is -2.21. The van der Waals surface area contributed by atoms with Crippen LogP contribution < -0.4 is 0 Å². The number of esters is 3. The lowest BCUT2D eigenvalue weighted by atomic mass is 10.1. The predicted molar refractivity (Wildman–Crippen MR) is 63.7 cm³/mol. The molecule has 0 spiro atoms. The van der Waals surface area contributed by atoms with Crippen molar-refractivity contribution in [3.8, 4) is 0 Å². The monoisotopic (exact) mass is 300 g/mol. The van der Waals surface area contributed by atoms with E-state index in [4.69, 9.17) is 5.11 Å². The van der Waals surface area contributed by atoms with Gasteiger partial charge in [0.2, 0.25) is 0 Å². The first-order valence-electron chi connectivity index (χ1n) is 5.82. The summed E-state index contributed by atoms with van der Waals surface area (Å²) >= 11 is 0. The fourth-order valence-electron chi connectivity index (χ4n) is 1.44. The molecular formula is C12H12O9. The molecule has 1 heterocycles. The third kappa shape index (κ3) is 3.19. The Morgan fingerprint density at radius 2 is 1.57 bits per heavy atom. The van der Waals surface area contributed by atoms with Gasteiger partial charge in [0.15, 0.2) is 22.7 Å². The summed E-state index contributed by atoms with van der Waals surface area (Å²) in [5.74, 6) is -7.62. The number of aliphatic hydroxyl groups excluding tert-OH is 1. The number of ether oxygens (including phenoxy) is 3. The molecule has 0 saturated heterocycles. The van der Waals surface area contributed by atoms with E-state index in [1.807, 2.05) is 0 Å². The van der Waals surface area contributed by atoms with Crippen molar-refractivity contribution in [3.05, 3.63) is 22.7 Å². The lowest BCUT2D eigenvalue weighted by Gasteiger charge is -2.08. The molecule has 0 fully saturated rings. The molecule has 0 radical (unpaired) electrons. The van der Waals surface area contributed by atoms with Crippen molar-refractivity contribution in [2.24, 2.45) is 0 Å². The quantitative estimate of drug-likeness (QED) is 0.233. The van der Waals surface area contributed by atoms with Gasteiger partial charge in [0.1, 0.15) is 0 Å². The van der Waals surface area contributed by atoms with Gasteiger partial charge in [0, 0.05) is 0 Å². The molecule has 0 unspecified atom stereocenters. The van der Waals surface area contributed by atoms with E-state index in [2.05, 4.69) is 14.2 Å². The van der Waals surface area contributed by atoms with E-state index >= 15 is 0 Å². The third-order valence-electron chi connectivity index (χ3n) is 2.25. The highest BCUT2D eigenvalue weighted by molar-refractivity contribution is 6.20. The Morgan fingerprint density at radius 1 is 1.10 bits per heavy atom. The Bertz CT molecular complexity index is 547. The Morgan fingerprint density at radius 3 is 1.90 bits per heavy atom. The summed E-state index contributed by atoms with van der Waals surface area (Å²) in [5.41, 5.74) is -1.98. The topological polar surface area (TPSA) is 136 Å². The molecule has 0 aromatic heterocycles. The number of carbonyl (C=O) groups is 4. The zero-order valence-electron chi connectivity index (χ0n) is 11.2. The van der Waals surface area contributed by atoms with Crippen LogP contribution in [0.5, 0.6) is 0 Å². The van der Waals surface area contributed by atoms with E-state index in [1.54, 1.807) is 0 Å². The second-order valence-electron chi connectivity index (χ2n) is 3.56. The second kappa shape index (κ2) is 6.55. The summed E-state index contributed by atoms with van der Waals surface area (Å²) in [6.45, 7) is 2.73. The summed E-state index contributed by atoms with van der Waals surface area (Å²) < 4.78 is 13.7. The van der Waals surface area contributed by atoms with Crippen LogP contribution in [-0.2, 0) is 33.4 Å². The van der Waals surface area contributed by atoms with Gasteiger partial charge in [-0.15, -0.1) is 0 Å². The summed E-state index contributed by atoms with van der Waals surface area (Å²) in [6.07, 6.45) is 0. The summed E-state index contributed by atoms with van der Waals surface area (Å²) in [6, 6.07) is 0. The summed E-state index contributed by atoms with van der Waals surface area (Å²) in [5, 5.41) is 18.4. The molecule has 9 nitrogen and oxygen atoms in total. The van der Waals surface area contributed by atoms with E-state index in [0.29, 0.717) is 0 Å². The van der Waals surface area contributed by atoms with Crippen molar-refractivity contribution in [2.75, 3.05) is 13.2 Å². The minimum Gasteiger partial charge on any atom is -0.503 e. The molecule has 0 aromatic carbocycles. The van der Waals surface area contributed by atoms with Crippen LogP contribution in [0.25, 0.3) is 0 Å². The fraction of sp³-hybridized carbons (Fsp3) is 0.333. The zero-order chi connectivity index (χ0) is 16.2. The molecule has 21 heavy (non-hydrogen) atoms. The van der Waals surface area contributed by atoms with Crippen LogP contribution in [0.4, 0.5) is 0 Å². The fourth-order valence-corrected chi connectivity index (χ4v) is 1.44. The van der Waals surface area contributed by atoms with E-state index in [-0.39, 0.29) is 13.2 Å². The number of carboxylic acid groups (broad SMARTS) is 1. The van der Waals surface area contributed by atoms with Crippen LogP contribution in [0, 0.1) is 0 Å². The molecule has 0 saturated carbocycles. The Kier molecular flexibility index (Phi) is 5.06. The van der Waals surface area contributed by atoms with Crippen molar-refractivity contribution < 1.29 is 43.6 Å². The van der Waals surface area contributed by atoms with E-state index in [9.17, 15) is 24.3 Å². The molecule has 2 N–H and O–H groups in total. The first-order chi connectivity index (χ1) is 9.84. The van der Waals surface area contributed by atoms with Crippen molar-refractivity contribution in [1.29, 1.82) is 0 Å². The van der Waals surface area contributed by atoms with E-state index in [0.717, 1.165) is 0 Å². The average Bonchev–Trinajstić information content (AvgIpc) is 2.65. The van der Waals surface area contributed by atoms with E-state index < -0.39 is 46.5 Å². The highest BCUT2D eigenvalue weighted by Crippen LogP contribution is 2.28. The van der Waals surface area contributed by atoms with Gasteiger partial charge in [-0.2, -0.15) is 0 Å². The Hall–Kier alpha value is -2.84. The molecule has 0 bridgehead atoms. The van der Waals surface area contributed by atoms with Gasteiger partial charge >= 0.3 is 23.9 Å². The number of carbonyl (C=O) groups excluding carboxylic acids is 3. The maximum absolute atomic E-state index is 11.7.